The first-order valence-electron chi connectivity index (χ1n) is 10.5. The maximum atomic E-state index is 6.20. The quantitative estimate of drug-likeness (QED) is 0.183. The summed E-state index contributed by atoms with van der Waals surface area (Å²) in [5.41, 5.74) is 0. The Balaban J connectivity index is 1.83. The van der Waals surface area contributed by atoms with E-state index in [2.05, 4.69) is 80.6 Å². The van der Waals surface area contributed by atoms with Gasteiger partial charge in [-0.3, -0.25) is 0 Å². The molecule has 0 aromatic heterocycles. The van der Waals surface area contributed by atoms with E-state index in [1.165, 1.54) is 48.3 Å². The van der Waals surface area contributed by atoms with Crippen molar-refractivity contribution in [3.05, 3.63) is 66.7 Å². The van der Waals surface area contributed by atoms with Crippen LogP contribution >= 0.6 is 0 Å². The van der Waals surface area contributed by atoms with Crippen molar-refractivity contribution in [2.75, 3.05) is 13.2 Å². The minimum atomic E-state index is -1.50. The van der Waals surface area contributed by atoms with Gasteiger partial charge in [0.25, 0.3) is 0 Å². The van der Waals surface area contributed by atoms with Gasteiger partial charge in [0.2, 0.25) is 0 Å². The fourth-order valence-corrected chi connectivity index (χ4v) is 6.10. The molecule has 0 amide bonds. The summed E-state index contributed by atoms with van der Waals surface area (Å²) >= 11 is 0. The molecule has 0 saturated carbocycles. The summed E-state index contributed by atoms with van der Waals surface area (Å²) in [4.78, 5) is 0. The zero-order chi connectivity index (χ0) is 19.8. The summed E-state index contributed by atoms with van der Waals surface area (Å²) in [6, 6.07) is 24.5. The van der Waals surface area contributed by atoms with E-state index in [0.29, 0.717) is 0 Å². The summed E-state index contributed by atoms with van der Waals surface area (Å²) in [5, 5.41) is 11.7. The van der Waals surface area contributed by atoms with Crippen LogP contribution in [0, 0.1) is 0 Å². The smallest absolute Gasteiger partial charge is 0.390 e. The summed E-state index contributed by atoms with van der Waals surface area (Å²) in [5.74, 6) is 0. The second-order valence-electron chi connectivity index (χ2n) is 7.62. The second kappa shape index (κ2) is 7.75. The second-order valence-corrected chi connectivity index (χ2v) is 9.35. The first kappa shape index (κ1) is 18.6. The van der Waals surface area contributed by atoms with Gasteiger partial charge in [0.05, 0.1) is 0 Å². The van der Waals surface area contributed by atoms with Gasteiger partial charge < -0.3 is 8.85 Å². The van der Waals surface area contributed by atoms with Crippen LogP contribution in [0.3, 0.4) is 0 Å². The maximum Gasteiger partial charge on any atom is 0.423 e. The summed E-state index contributed by atoms with van der Waals surface area (Å²) in [6.45, 7) is 5.77. The first-order chi connectivity index (χ1) is 14.3. The molecule has 5 aromatic carbocycles. The van der Waals surface area contributed by atoms with Crippen molar-refractivity contribution >= 4 is 57.6 Å². The van der Waals surface area contributed by atoms with Crippen LogP contribution in [0.1, 0.15) is 26.7 Å². The van der Waals surface area contributed by atoms with E-state index in [-0.39, 0.29) is 0 Å². The zero-order valence-corrected chi connectivity index (χ0v) is 18.0. The van der Waals surface area contributed by atoms with Crippen molar-refractivity contribution in [2.45, 2.75) is 26.7 Å². The Labute approximate surface area is 173 Å². The van der Waals surface area contributed by atoms with Crippen molar-refractivity contribution in [2.24, 2.45) is 0 Å². The molecule has 0 spiro atoms. The van der Waals surface area contributed by atoms with Gasteiger partial charge in [-0.1, -0.05) is 74.5 Å². The molecule has 0 atom stereocenters. The van der Waals surface area contributed by atoms with E-state index in [4.69, 9.17) is 8.85 Å². The molecule has 5 aromatic rings. The van der Waals surface area contributed by atoms with E-state index in [1.54, 1.807) is 0 Å². The van der Waals surface area contributed by atoms with Crippen molar-refractivity contribution < 1.29 is 8.85 Å². The lowest BCUT2D eigenvalue weighted by Crippen LogP contribution is -2.37. The molecule has 0 N–H and O–H groups in total. The van der Waals surface area contributed by atoms with Crippen LogP contribution in [0.5, 0.6) is 0 Å². The highest BCUT2D eigenvalue weighted by molar-refractivity contribution is 6.62. The molecule has 145 valence electrons. The fourth-order valence-electron chi connectivity index (χ4n) is 4.37. The predicted octanol–water partition coefficient (Wildman–Crippen LogP) is 6.29. The van der Waals surface area contributed by atoms with Gasteiger partial charge in [-0.15, -0.1) is 0 Å². The summed E-state index contributed by atoms with van der Waals surface area (Å²) in [6.07, 6.45) is 2.00. The van der Waals surface area contributed by atoms with E-state index in [1.807, 2.05) is 0 Å². The van der Waals surface area contributed by atoms with E-state index >= 15 is 0 Å². The van der Waals surface area contributed by atoms with Crippen LogP contribution < -0.4 is 5.19 Å². The Kier molecular flexibility index (Phi) is 4.96. The number of hydrogen-bond acceptors (Lipinski definition) is 2. The van der Waals surface area contributed by atoms with Gasteiger partial charge in [-0.25, -0.2) is 0 Å². The van der Waals surface area contributed by atoms with Gasteiger partial charge in [0.15, 0.2) is 0 Å². The predicted molar refractivity (Wildman–Crippen MR) is 126 cm³/mol. The lowest BCUT2D eigenvalue weighted by molar-refractivity contribution is 0.207. The van der Waals surface area contributed by atoms with Crippen LogP contribution in [0.2, 0.25) is 0 Å². The molecule has 5 rings (SSSR count). The standard InChI is InChI=1S/C26H25O2Si/c1-3-14-27-29(28-15-4-2)20-16-19-10-7-12-22-21-11-5-8-18-9-6-13-23(25(18)21)24(17-20)26(19)22/h5-13,16-17H,3-4,14-15H2,1-2H3. The molecule has 0 aliphatic rings. The van der Waals surface area contributed by atoms with Crippen LogP contribution in [-0.2, 0) is 8.85 Å². The van der Waals surface area contributed by atoms with Crippen molar-refractivity contribution in [1.82, 2.24) is 0 Å². The highest BCUT2D eigenvalue weighted by atomic mass is 28.3. The lowest BCUT2D eigenvalue weighted by Gasteiger charge is -2.19. The molecule has 0 saturated heterocycles. The fraction of sp³-hybridized carbons (Fsp3) is 0.231. The Morgan fingerprint density at radius 2 is 1.14 bits per heavy atom. The topological polar surface area (TPSA) is 18.5 Å². The van der Waals surface area contributed by atoms with Gasteiger partial charge in [0.1, 0.15) is 0 Å². The van der Waals surface area contributed by atoms with Gasteiger partial charge in [0, 0.05) is 13.2 Å². The summed E-state index contributed by atoms with van der Waals surface area (Å²) < 4.78 is 12.4. The molecule has 0 unspecified atom stereocenters. The van der Waals surface area contributed by atoms with Crippen molar-refractivity contribution in [3.63, 3.8) is 0 Å². The normalized spacial score (nSPS) is 12.2. The highest BCUT2D eigenvalue weighted by Gasteiger charge is 2.22. The average Bonchev–Trinajstić information content (AvgIpc) is 2.77. The maximum absolute atomic E-state index is 6.20. The number of hydrogen-bond donors (Lipinski definition) is 0. The zero-order valence-electron chi connectivity index (χ0n) is 17.0. The molecule has 29 heavy (non-hydrogen) atoms. The van der Waals surface area contributed by atoms with Gasteiger partial charge >= 0.3 is 9.28 Å². The molecule has 0 aliphatic heterocycles. The third-order valence-electron chi connectivity index (χ3n) is 5.57. The third kappa shape index (κ3) is 3.10. The minimum absolute atomic E-state index is 0.740. The largest absolute Gasteiger partial charge is 0.423 e. The van der Waals surface area contributed by atoms with Crippen molar-refractivity contribution in [1.29, 1.82) is 0 Å². The molecular weight excluding hydrogens is 372 g/mol. The SMILES string of the molecule is CCCO[Si](OCCC)c1cc2cccc3c4cccc5cccc(c(c1)c23)c54. The van der Waals surface area contributed by atoms with Crippen LogP contribution in [-0.4, -0.2) is 22.5 Å². The highest BCUT2D eigenvalue weighted by Crippen LogP contribution is 2.39. The van der Waals surface area contributed by atoms with E-state index < -0.39 is 9.28 Å². The number of rotatable bonds is 7. The first-order valence-corrected chi connectivity index (χ1v) is 11.9. The van der Waals surface area contributed by atoms with E-state index in [0.717, 1.165) is 26.1 Å². The monoisotopic (exact) mass is 397 g/mol. The average molecular weight is 398 g/mol. The molecular formula is C26H25O2Si. The van der Waals surface area contributed by atoms with Gasteiger partial charge in [-0.2, -0.15) is 0 Å². The Morgan fingerprint density at radius 3 is 1.72 bits per heavy atom. The number of fused-ring (bicyclic) bond motifs is 2. The number of benzene rings is 5. The lowest BCUT2D eigenvalue weighted by atomic mass is 9.90. The molecule has 0 heterocycles. The van der Waals surface area contributed by atoms with Crippen molar-refractivity contribution in [3.8, 4) is 0 Å². The Bertz CT molecular complexity index is 1280. The molecule has 0 fully saturated rings. The van der Waals surface area contributed by atoms with E-state index in [9.17, 15) is 0 Å². The Hall–Kier alpha value is -2.46. The van der Waals surface area contributed by atoms with Crippen LogP contribution in [0.4, 0.5) is 0 Å². The van der Waals surface area contributed by atoms with Gasteiger partial charge in [-0.05, 0) is 67.2 Å². The third-order valence-corrected chi connectivity index (χ3v) is 7.26. The molecule has 0 bridgehead atoms. The molecule has 2 nitrogen and oxygen atoms in total. The molecule has 3 heteroatoms. The summed E-state index contributed by atoms with van der Waals surface area (Å²) in [7, 11) is -1.50. The molecule has 1 radical (unpaired) electrons. The Morgan fingerprint density at radius 1 is 0.621 bits per heavy atom. The van der Waals surface area contributed by atoms with Crippen LogP contribution in [0.15, 0.2) is 66.7 Å². The molecule has 0 aliphatic carbocycles. The minimum Gasteiger partial charge on any atom is -0.390 e. The van der Waals surface area contributed by atoms with Crippen LogP contribution in [0.25, 0.3) is 43.1 Å².